The quantitative estimate of drug-likeness (QED) is 0.551. The molecule has 0 fully saturated rings. The molecule has 3 rings (SSSR count). The van der Waals surface area contributed by atoms with Crippen LogP contribution in [0.4, 0.5) is 0 Å². The highest BCUT2D eigenvalue weighted by Crippen LogP contribution is 2.19. The van der Waals surface area contributed by atoms with Crippen molar-refractivity contribution < 1.29 is 9.53 Å². The van der Waals surface area contributed by atoms with E-state index in [0.29, 0.717) is 0 Å². The topological polar surface area (TPSA) is 50.7 Å². The maximum absolute atomic E-state index is 12.0. The van der Waals surface area contributed by atoms with E-state index in [1.54, 1.807) is 0 Å². The molecule has 0 unspecified atom stereocenters. The lowest BCUT2D eigenvalue weighted by molar-refractivity contribution is -0.123. The molecule has 4 nitrogen and oxygen atoms in total. The number of rotatable bonds is 5. The minimum absolute atomic E-state index is 0.0706. The van der Waals surface area contributed by atoms with Crippen LogP contribution >= 0.6 is 0 Å². The molecule has 4 heteroatoms. The van der Waals surface area contributed by atoms with E-state index in [-0.39, 0.29) is 12.5 Å². The lowest BCUT2D eigenvalue weighted by atomic mass is 10.0. The van der Waals surface area contributed by atoms with Crippen LogP contribution in [0.1, 0.15) is 23.6 Å². The third-order valence-corrected chi connectivity index (χ3v) is 4.22. The van der Waals surface area contributed by atoms with Crippen molar-refractivity contribution in [2.75, 3.05) is 6.61 Å². The second-order valence-corrected chi connectivity index (χ2v) is 6.35. The van der Waals surface area contributed by atoms with E-state index in [1.807, 2.05) is 57.2 Å². The lowest BCUT2D eigenvalue weighted by Crippen LogP contribution is -2.25. The zero-order chi connectivity index (χ0) is 18.5. The fourth-order valence-electron chi connectivity index (χ4n) is 2.66. The smallest absolute Gasteiger partial charge is 0.277 e. The van der Waals surface area contributed by atoms with Crippen molar-refractivity contribution in [2.24, 2.45) is 5.10 Å². The van der Waals surface area contributed by atoms with Crippen LogP contribution in [-0.4, -0.2) is 18.2 Å². The van der Waals surface area contributed by atoms with Gasteiger partial charge in [-0.25, -0.2) is 5.43 Å². The zero-order valence-electron chi connectivity index (χ0n) is 15.2. The summed E-state index contributed by atoms with van der Waals surface area (Å²) in [6.07, 6.45) is 0. The van der Waals surface area contributed by atoms with Gasteiger partial charge in [0.25, 0.3) is 5.91 Å². The molecule has 0 saturated carbocycles. The van der Waals surface area contributed by atoms with Crippen LogP contribution < -0.4 is 10.2 Å². The lowest BCUT2D eigenvalue weighted by Gasteiger charge is -2.09. The molecule has 0 aliphatic heterocycles. The van der Waals surface area contributed by atoms with E-state index in [4.69, 9.17) is 4.74 Å². The molecule has 3 aromatic carbocycles. The van der Waals surface area contributed by atoms with E-state index in [9.17, 15) is 4.79 Å². The molecule has 0 saturated heterocycles. The van der Waals surface area contributed by atoms with Gasteiger partial charge in [0.2, 0.25) is 0 Å². The van der Waals surface area contributed by atoms with Crippen molar-refractivity contribution in [3.05, 3.63) is 77.4 Å². The summed E-state index contributed by atoms with van der Waals surface area (Å²) in [4.78, 5) is 12.0. The first kappa shape index (κ1) is 17.7. The summed E-state index contributed by atoms with van der Waals surface area (Å²) in [5.74, 6) is 0.432. The molecule has 3 aromatic rings. The Labute approximate surface area is 153 Å². The summed E-state index contributed by atoms with van der Waals surface area (Å²) in [5, 5.41) is 6.51. The van der Waals surface area contributed by atoms with Crippen LogP contribution in [0.2, 0.25) is 0 Å². The van der Waals surface area contributed by atoms with E-state index in [1.165, 1.54) is 5.39 Å². The molecule has 0 radical (unpaired) electrons. The monoisotopic (exact) mass is 346 g/mol. The third-order valence-electron chi connectivity index (χ3n) is 4.22. The molecule has 0 atom stereocenters. The van der Waals surface area contributed by atoms with Gasteiger partial charge in [0.15, 0.2) is 6.61 Å². The Morgan fingerprint density at radius 1 is 1.00 bits per heavy atom. The number of hydrogen-bond donors (Lipinski definition) is 1. The summed E-state index contributed by atoms with van der Waals surface area (Å²) in [7, 11) is 0. The molecule has 1 N–H and O–H groups in total. The molecular formula is C22H22N2O2. The predicted molar refractivity (Wildman–Crippen MR) is 106 cm³/mol. The number of aryl methyl sites for hydroxylation is 2. The van der Waals surface area contributed by atoms with E-state index in [2.05, 4.69) is 34.8 Å². The Morgan fingerprint density at radius 2 is 1.77 bits per heavy atom. The first-order valence-electron chi connectivity index (χ1n) is 8.55. The molecule has 132 valence electrons. The fourth-order valence-corrected chi connectivity index (χ4v) is 2.66. The maximum atomic E-state index is 12.0. The molecule has 0 aliphatic carbocycles. The molecule has 0 heterocycles. The standard InChI is InChI=1S/C22H22N2O2/c1-15-8-9-16(2)21(12-15)26-14-22(25)24-23-17(3)19-11-10-18-6-4-5-7-20(18)13-19/h4-13H,14H2,1-3H3,(H,24,25)/b23-17-. The zero-order valence-corrected chi connectivity index (χ0v) is 15.2. The van der Waals surface area contributed by atoms with Gasteiger partial charge in [-0.3, -0.25) is 4.79 Å². The number of nitrogens with zero attached hydrogens (tertiary/aromatic N) is 1. The molecule has 0 aromatic heterocycles. The van der Waals surface area contributed by atoms with Crippen LogP contribution in [0.3, 0.4) is 0 Å². The largest absolute Gasteiger partial charge is 0.483 e. The van der Waals surface area contributed by atoms with Crippen molar-refractivity contribution in [1.29, 1.82) is 0 Å². The molecule has 1 amide bonds. The molecule has 0 aliphatic rings. The average molecular weight is 346 g/mol. The van der Waals surface area contributed by atoms with E-state index >= 15 is 0 Å². The van der Waals surface area contributed by atoms with Gasteiger partial charge in [0.05, 0.1) is 5.71 Å². The van der Waals surface area contributed by atoms with Crippen LogP contribution in [0.15, 0.2) is 65.8 Å². The average Bonchev–Trinajstić information content (AvgIpc) is 2.66. The second-order valence-electron chi connectivity index (χ2n) is 6.35. The highest BCUT2D eigenvalue weighted by atomic mass is 16.5. The Balaban J connectivity index is 1.62. The number of fused-ring (bicyclic) bond motifs is 1. The Bertz CT molecular complexity index is 977. The minimum Gasteiger partial charge on any atom is -0.483 e. The minimum atomic E-state index is -0.286. The molecule has 26 heavy (non-hydrogen) atoms. The predicted octanol–water partition coefficient (Wildman–Crippen LogP) is 4.38. The van der Waals surface area contributed by atoms with Crippen molar-refractivity contribution in [1.82, 2.24) is 5.43 Å². The van der Waals surface area contributed by atoms with Gasteiger partial charge >= 0.3 is 0 Å². The Hall–Kier alpha value is -3.14. The van der Waals surface area contributed by atoms with E-state index < -0.39 is 0 Å². The van der Waals surface area contributed by atoms with Crippen LogP contribution in [0.25, 0.3) is 10.8 Å². The number of amides is 1. The van der Waals surface area contributed by atoms with Gasteiger partial charge in [0, 0.05) is 0 Å². The third kappa shape index (κ3) is 4.28. The fraction of sp³-hybridized carbons (Fsp3) is 0.182. The summed E-state index contributed by atoms with van der Waals surface area (Å²) in [6.45, 7) is 5.74. The van der Waals surface area contributed by atoms with Gasteiger partial charge in [-0.2, -0.15) is 5.10 Å². The van der Waals surface area contributed by atoms with Gasteiger partial charge in [-0.15, -0.1) is 0 Å². The normalized spacial score (nSPS) is 11.4. The SMILES string of the molecule is C/C(=N/NC(=O)COc1cc(C)ccc1C)c1ccc2ccccc2c1. The summed E-state index contributed by atoms with van der Waals surface area (Å²) < 4.78 is 5.59. The summed E-state index contributed by atoms with van der Waals surface area (Å²) in [5.41, 5.74) is 6.37. The summed E-state index contributed by atoms with van der Waals surface area (Å²) in [6, 6.07) is 20.2. The number of carbonyl (C=O) groups excluding carboxylic acids is 1. The number of carbonyl (C=O) groups is 1. The van der Waals surface area contributed by atoms with Crippen LogP contribution in [-0.2, 0) is 4.79 Å². The first-order chi connectivity index (χ1) is 12.5. The number of hydrogen-bond acceptors (Lipinski definition) is 3. The van der Waals surface area contributed by atoms with Crippen molar-refractivity contribution in [3.8, 4) is 5.75 Å². The number of benzene rings is 3. The van der Waals surface area contributed by atoms with Crippen LogP contribution in [0.5, 0.6) is 5.75 Å². The van der Waals surface area contributed by atoms with E-state index in [0.717, 1.165) is 33.5 Å². The second kappa shape index (κ2) is 7.83. The molecular weight excluding hydrogens is 324 g/mol. The van der Waals surface area contributed by atoms with Gasteiger partial charge in [-0.05, 0) is 60.4 Å². The number of nitrogens with one attached hydrogen (secondary N) is 1. The highest BCUT2D eigenvalue weighted by molar-refractivity contribution is 6.02. The number of ether oxygens (including phenoxy) is 1. The number of hydrazone groups is 1. The van der Waals surface area contributed by atoms with Gasteiger partial charge in [-0.1, -0.05) is 48.5 Å². The summed E-state index contributed by atoms with van der Waals surface area (Å²) >= 11 is 0. The first-order valence-corrected chi connectivity index (χ1v) is 8.55. The molecule has 0 spiro atoms. The Morgan fingerprint density at radius 3 is 2.58 bits per heavy atom. The highest BCUT2D eigenvalue weighted by Gasteiger charge is 2.06. The Kier molecular flexibility index (Phi) is 5.32. The van der Waals surface area contributed by atoms with Gasteiger partial charge < -0.3 is 4.74 Å². The van der Waals surface area contributed by atoms with Crippen molar-refractivity contribution >= 4 is 22.4 Å². The van der Waals surface area contributed by atoms with Gasteiger partial charge in [0.1, 0.15) is 5.75 Å². The maximum Gasteiger partial charge on any atom is 0.277 e. The molecule has 0 bridgehead atoms. The van der Waals surface area contributed by atoms with Crippen LogP contribution in [0, 0.1) is 13.8 Å². The van der Waals surface area contributed by atoms with Crippen molar-refractivity contribution in [2.45, 2.75) is 20.8 Å². The van der Waals surface area contributed by atoms with Crippen molar-refractivity contribution in [3.63, 3.8) is 0 Å².